The van der Waals surface area contributed by atoms with Crippen LogP contribution in [0.2, 0.25) is 0 Å². The molecule has 0 aliphatic carbocycles. The summed E-state index contributed by atoms with van der Waals surface area (Å²) in [5.74, 6) is -0.258. The molecule has 0 spiro atoms. The summed E-state index contributed by atoms with van der Waals surface area (Å²) in [5, 5.41) is 11.5. The average Bonchev–Trinajstić information content (AvgIpc) is 2.74. The Labute approximate surface area is 112 Å². The molecule has 1 atom stereocenters. The fraction of sp³-hybridized carbons (Fsp3) is 0.538. The summed E-state index contributed by atoms with van der Waals surface area (Å²) in [4.78, 5) is 24.3. The van der Waals surface area contributed by atoms with Gasteiger partial charge in [0.1, 0.15) is 11.8 Å². The number of carbonyl (C=O) groups is 2. The van der Waals surface area contributed by atoms with Crippen LogP contribution in [0.4, 0.5) is 4.79 Å². The monoisotopic (exact) mass is 268 g/mol. The first-order valence-corrected chi connectivity index (χ1v) is 6.23. The molecule has 0 fully saturated rings. The molecule has 0 radical (unpaired) electrons. The number of carbonyl (C=O) groups excluding carboxylic acids is 1. The molecule has 0 unspecified atom stereocenters. The molecule has 19 heavy (non-hydrogen) atoms. The van der Waals surface area contributed by atoms with Crippen LogP contribution < -0.4 is 5.32 Å². The predicted octanol–water partition coefficient (Wildman–Crippen LogP) is 1.98. The molecule has 6 heteroatoms. The van der Waals surface area contributed by atoms with Crippen LogP contribution in [0, 0.1) is 6.92 Å². The number of amides is 2. The lowest BCUT2D eigenvalue weighted by molar-refractivity contribution is -0.139. The Balaban J connectivity index is 2.57. The van der Waals surface area contributed by atoms with Gasteiger partial charge in [-0.15, -0.1) is 0 Å². The smallest absolute Gasteiger partial charge is 0.326 e. The van der Waals surface area contributed by atoms with E-state index in [-0.39, 0.29) is 0 Å². The maximum absolute atomic E-state index is 11.9. The molecule has 6 nitrogen and oxygen atoms in total. The van der Waals surface area contributed by atoms with Crippen molar-refractivity contribution in [2.24, 2.45) is 0 Å². The van der Waals surface area contributed by atoms with Crippen molar-refractivity contribution < 1.29 is 19.1 Å². The fourth-order valence-electron chi connectivity index (χ4n) is 1.71. The van der Waals surface area contributed by atoms with E-state index in [0.29, 0.717) is 19.4 Å². The van der Waals surface area contributed by atoms with Crippen LogP contribution in [0.15, 0.2) is 16.7 Å². The second-order valence-electron chi connectivity index (χ2n) is 4.49. The third-order valence-electron chi connectivity index (χ3n) is 2.89. The van der Waals surface area contributed by atoms with Gasteiger partial charge in [-0.2, -0.15) is 0 Å². The molecule has 2 N–H and O–H groups in total. The highest BCUT2D eigenvalue weighted by Crippen LogP contribution is 2.11. The third kappa shape index (κ3) is 4.31. The van der Waals surface area contributed by atoms with Gasteiger partial charge in [-0.05, 0) is 19.4 Å². The first-order valence-electron chi connectivity index (χ1n) is 6.23. The number of aryl methyl sites for hydroxylation is 1. The number of hydrogen-bond donors (Lipinski definition) is 2. The molecule has 0 saturated heterocycles. The highest BCUT2D eigenvalue weighted by atomic mass is 16.4. The second kappa shape index (κ2) is 6.82. The number of hydrogen-bond acceptors (Lipinski definition) is 3. The van der Waals surface area contributed by atoms with Gasteiger partial charge in [0, 0.05) is 12.6 Å². The summed E-state index contributed by atoms with van der Waals surface area (Å²) in [7, 11) is 1.62. The lowest BCUT2D eigenvalue weighted by Crippen LogP contribution is -2.46. The first-order chi connectivity index (χ1) is 8.95. The average molecular weight is 268 g/mol. The number of rotatable bonds is 6. The number of urea groups is 1. The Kier molecular flexibility index (Phi) is 5.41. The fourth-order valence-corrected chi connectivity index (χ4v) is 1.71. The molecule has 1 aromatic heterocycles. The van der Waals surface area contributed by atoms with Gasteiger partial charge in [0.05, 0.1) is 12.8 Å². The van der Waals surface area contributed by atoms with Crippen LogP contribution in [-0.2, 0) is 11.3 Å². The van der Waals surface area contributed by atoms with Crippen LogP contribution >= 0.6 is 0 Å². The Morgan fingerprint density at radius 2 is 2.21 bits per heavy atom. The van der Waals surface area contributed by atoms with Crippen molar-refractivity contribution in [1.29, 1.82) is 0 Å². The predicted molar refractivity (Wildman–Crippen MR) is 69.8 cm³/mol. The zero-order valence-corrected chi connectivity index (χ0v) is 11.5. The largest absolute Gasteiger partial charge is 0.480 e. The Morgan fingerprint density at radius 3 is 2.68 bits per heavy atom. The van der Waals surface area contributed by atoms with Gasteiger partial charge in [-0.3, -0.25) is 0 Å². The van der Waals surface area contributed by atoms with Gasteiger partial charge >= 0.3 is 12.0 Å². The third-order valence-corrected chi connectivity index (χ3v) is 2.89. The Bertz CT molecular complexity index is 442. The van der Waals surface area contributed by atoms with Gasteiger partial charge in [-0.25, -0.2) is 9.59 Å². The van der Waals surface area contributed by atoms with E-state index in [2.05, 4.69) is 5.32 Å². The summed E-state index contributed by atoms with van der Waals surface area (Å²) >= 11 is 0. The maximum Gasteiger partial charge on any atom is 0.326 e. The molecule has 106 valence electrons. The quantitative estimate of drug-likeness (QED) is 0.826. The van der Waals surface area contributed by atoms with E-state index < -0.39 is 18.0 Å². The summed E-state index contributed by atoms with van der Waals surface area (Å²) in [6, 6.07) is 0.548. The minimum absolute atomic E-state index is 0.382. The number of nitrogens with zero attached hydrogens (tertiary/aromatic N) is 1. The second-order valence-corrected chi connectivity index (χ2v) is 4.49. The van der Waals surface area contributed by atoms with Gasteiger partial charge in [0.2, 0.25) is 0 Å². The number of carboxylic acid groups (broad SMARTS) is 1. The molecular weight excluding hydrogens is 248 g/mol. The van der Waals surface area contributed by atoms with Crippen LogP contribution in [0.3, 0.4) is 0 Å². The van der Waals surface area contributed by atoms with E-state index in [1.54, 1.807) is 19.4 Å². The number of nitrogens with one attached hydrogen (secondary N) is 1. The molecular formula is C13H20N2O4. The highest BCUT2D eigenvalue weighted by molar-refractivity contribution is 5.82. The Morgan fingerprint density at radius 1 is 1.53 bits per heavy atom. The molecule has 1 rings (SSSR count). The summed E-state index contributed by atoms with van der Waals surface area (Å²) in [5.41, 5.74) is 0.903. The molecule has 0 aromatic carbocycles. The van der Waals surface area contributed by atoms with E-state index >= 15 is 0 Å². The SMILES string of the molecule is CCC[C@@H](NC(=O)N(C)Cc1ccoc1C)C(=O)O. The molecule has 0 aliphatic rings. The van der Waals surface area contributed by atoms with Crippen molar-refractivity contribution in [3.63, 3.8) is 0 Å². The minimum atomic E-state index is -1.01. The zero-order chi connectivity index (χ0) is 14.4. The van der Waals surface area contributed by atoms with Crippen molar-refractivity contribution in [3.8, 4) is 0 Å². The topological polar surface area (TPSA) is 82.8 Å². The van der Waals surface area contributed by atoms with Gasteiger partial charge in [0.15, 0.2) is 0 Å². The lowest BCUT2D eigenvalue weighted by atomic mass is 10.2. The summed E-state index contributed by atoms with van der Waals surface area (Å²) < 4.78 is 5.15. The van der Waals surface area contributed by atoms with Crippen LogP contribution in [0.5, 0.6) is 0 Å². The van der Waals surface area contributed by atoms with Crippen molar-refractivity contribution in [2.45, 2.75) is 39.3 Å². The summed E-state index contributed by atoms with van der Waals surface area (Å²) in [6.45, 7) is 4.07. The Hall–Kier alpha value is -1.98. The standard InChI is InChI=1S/C13H20N2O4/c1-4-5-11(12(16)17)14-13(18)15(3)8-10-6-7-19-9(10)2/h6-7,11H,4-5,8H2,1-3H3,(H,14,18)(H,16,17)/t11-/m1/s1. The van der Waals surface area contributed by atoms with Crippen LogP contribution in [0.1, 0.15) is 31.1 Å². The van der Waals surface area contributed by atoms with Gasteiger partial charge in [0.25, 0.3) is 0 Å². The molecule has 0 bridgehead atoms. The minimum Gasteiger partial charge on any atom is -0.480 e. The van der Waals surface area contributed by atoms with E-state index in [9.17, 15) is 9.59 Å². The molecule has 1 heterocycles. The molecule has 0 aliphatic heterocycles. The van der Waals surface area contributed by atoms with E-state index in [1.165, 1.54) is 4.90 Å². The number of carboxylic acids is 1. The highest BCUT2D eigenvalue weighted by Gasteiger charge is 2.21. The van der Waals surface area contributed by atoms with E-state index in [1.807, 2.05) is 13.8 Å². The zero-order valence-electron chi connectivity index (χ0n) is 11.5. The van der Waals surface area contributed by atoms with Gasteiger partial charge in [-0.1, -0.05) is 13.3 Å². The number of aliphatic carboxylic acids is 1. The summed E-state index contributed by atoms with van der Waals surface area (Å²) in [6.07, 6.45) is 2.68. The first kappa shape index (κ1) is 15.1. The van der Waals surface area contributed by atoms with Crippen LogP contribution in [0.25, 0.3) is 0 Å². The van der Waals surface area contributed by atoms with Crippen molar-refractivity contribution in [2.75, 3.05) is 7.05 Å². The van der Waals surface area contributed by atoms with Crippen molar-refractivity contribution in [3.05, 3.63) is 23.7 Å². The van der Waals surface area contributed by atoms with E-state index in [4.69, 9.17) is 9.52 Å². The van der Waals surface area contributed by atoms with Crippen molar-refractivity contribution in [1.82, 2.24) is 10.2 Å². The number of furan rings is 1. The molecule has 2 amide bonds. The molecule has 1 aromatic rings. The van der Waals surface area contributed by atoms with Crippen LogP contribution in [-0.4, -0.2) is 35.1 Å². The van der Waals surface area contributed by atoms with E-state index in [0.717, 1.165) is 11.3 Å². The lowest BCUT2D eigenvalue weighted by Gasteiger charge is -2.21. The maximum atomic E-state index is 11.9. The molecule has 0 saturated carbocycles. The van der Waals surface area contributed by atoms with Crippen molar-refractivity contribution >= 4 is 12.0 Å². The normalized spacial score (nSPS) is 11.9. The van der Waals surface area contributed by atoms with Gasteiger partial charge < -0.3 is 19.7 Å².